The fourth-order valence-corrected chi connectivity index (χ4v) is 2.08. The molecule has 0 aliphatic heterocycles. The van der Waals surface area contributed by atoms with E-state index in [1.165, 1.54) is 6.08 Å². The Balaban J connectivity index is 2.50. The lowest BCUT2D eigenvalue weighted by Crippen LogP contribution is -2.03. The molecule has 7 heteroatoms. The van der Waals surface area contributed by atoms with E-state index in [1.54, 1.807) is 12.1 Å². The number of hydrogen-bond acceptors (Lipinski definition) is 4. The topological polar surface area (TPSA) is 40.0 Å². The maximum absolute atomic E-state index is 12.5. The summed E-state index contributed by atoms with van der Waals surface area (Å²) in [6.07, 6.45) is 1.97. The first kappa shape index (κ1) is 19.8. The molecule has 4 nitrogen and oxygen atoms in total. The van der Waals surface area contributed by atoms with Crippen molar-refractivity contribution < 1.29 is 18.7 Å². The largest absolute Gasteiger partial charge is 0.492 e. The first-order chi connectivity index (χ1) is 10.9. The molecule has 0 atom stereocenters. The average Bonchev–Trinajstić information content (AvgIpc) is 2.44. The van der Waals surface area contributed by atoms with Crippen molar-refractivity contribution in [2.24, 2.45) is 5.16 Å². The lowest BCUT2D eigenvalue weighted by atomic mass is 10.2. The number of halogens is 3. The van der Waals surface area contributed by atoms with E-state index in [0.717, 1.165) is 11.3 Å². The molecule has 0 saturated heterocycles. The summed E-state index contributed by atoms with van der Waals surface area (Å²) in [5.41, 5.74) is 1.72. The number of aryl methyl sites for hydroxylation is 1. The fourth-order valence-electron chi connectivity index (χ4n) is 1.64. The molecule has 23 heavy (non-hydrogen) atoms. The molecule has 0 radical (unpaired) electrons. The Morgan fingerprint density at radius 2 is 2.04 bits per heavy atom. The van der Waals surface area contributed by atoms with Gasteiger partial charge in [0.1, 0.15) is 24.7 Å². The van der Waals surface area contributed by atoms with E-state index in [0.29, 0.717) is 36.2 Å². The molecule has 0 N–H and O–H groups in total. The second-order valence-electron chi connectivity index (χ2n) is 4.93. The van der Waals surface area contributed by atoms with Crippen molar-refractivity contribution in [3.05, 3.63) is 33.5 Å². The minimum atomic E-state index is -0.468. The third-order valence-electron chi connectivity index (χ3n) is 2.56. The van der Waals surface area contributed by atoms with Gasteiger partial charge >= 0.3 is 0 Å². The highest BCUT2D eigenvalue weighted by Crippen LogP contribution is 2.33. The maximum Gasteiger partial charge on any atom is 0.165 e. The van der Waals surface area contributed by atoms with E-state index in [2.05, 4.69) is 21.1 Å². The van der Waals surface area contributed by atoms with Gasteiger partial charge in [-0.05, 0) is 54.4 Å². The minimum Gasteiger partial charge on any atom is -0.492 e. The standard InChI is InChI=1S/C16H20BrClFNO3/c1-11(2)20-23-7-4-6-22-16-12(3)9-13(10-14(16)18)21-8-5-15(17)19/h5,9-10H,4,6-8H2,1-3H3/b15-5-. The van der Waals surface area contributed by atoms with Gasteiger partial charge in [0.25, 0.3) is 0 Å². The van der Waals surface area contributed by atoms with Crippen molar-refractivity contribution in [2.75, 3.05) is 19.8 Å². The zero-order valence-corrected chi connectivity index (χ0v) is 15.7. The van der Waals surface area contributed by atoms with E-state index in [4.69, 9.17) is 25.9 Å². The minimum absolute atomic E-state index is 0.113. The van der Waals surface area contributed by atoms with Gasteiger partial charge < -0.3 is 14.3 Å². The van der Waals surface area contributed by atoms with Crippen LogP contribution in [0.5, 0.6) is 11.5 Å². The maximum atomic E-state index is 12.5. The van der Waals surface area contributed by atoms with Crippen LogP contribution in [0.15, 0.2) is 28.1 Å². The summed E-state index contributed by atoms with van der Waals surface area (Å²) < 4.78 is 23.1. The summed E-state index contributed by atoms with van der Waals surface area (Å²) in [4.78, 5) is 5.09. The van der Waals surface area contributed by atoms with Crippen molar-refractivity contribution in [2.45, 2.75) is 27.2 Å². The van der Waals surface area contributed by atoms with Gasteiger partial charge in [-0.2, -0.15) is 4.39 Å². The Morgan fingerprint density at radius 1 is 1.30 bits per heavy atom. The van der Waals surface area contributed by atoms with Crippen LogP contribution in [0.1, 0.15) is 25.8 Å². The van der Waals surface area contributed by atoms with Crippen LogP contribution in [0.4, 0.5) is 4.39 Å². The third-order valence-corrected chi connectivity index (χ3v) is 3.17. The quantitative estimate of drug-likeness (QED) is 0.311. The zero-order valence-electron chi connectivity index (χ0n) is 13.4. The van der Waals surface area contributed by atoms with Crippen molar-refractivity contribution in [1.29, 1.82) is 0 Å². The molecule has 0 unspecified atom stereocenters. The summed E-state index contributed by atoms with van der Waals surface area (Å²) in [7, 11) is 0. The molecular weight excluding hydrogens is 389 g/mol. The molecule has 128 valence electrons. The van der Waals surface area contributed by atoms with Crippen LogP contribution in [0, 0.1) is 6.92 Å². The van der Waals surface area contributed by atoms with Crippen LogP contribution < -0.4 is 9.47 Å². The van der Waals surface area contributed by atoms with E-state index >= 15 is 0 Å². The molecule has 0 saturated carbocycles. The van der Waals surface area contributed by atoms with Crippen LogP contribution in [0.25, 0.3) is 0 Å². The molecule has 1 rings (SSSR count). The van der Waals surface area contributed by atoms with Gasteiger partial charge in [0.15, 0.2) is 4.74 Å². The predicted octanol–water partition coefficient (Wildman–Crippen LogP) is 5.41. The van der Waals surface area contributed by atoms with E-state index in [-0.39, 0.29) is 6.61 Å². The molecule has 0 amide bonds. The highest BCUT2D eigenvalue weighted by molar-refractivity contribution is 9.11. The van der Waals surface area contributed by atoms with Crippen LogP contribution in [0.2, 0.25) is 5.02 Å². The summed E-state index contributed by atoms with van der Waals surface area (Å²) in [5, 5.41) is 4.29. The Bertz CT molecular complexity index is 547. The number of ether oxygens (including phenoxy) is 2. The molecule has 0 fully saturated rings. The van der Waals surface area contributed by atoms with E-state index in [9.17, 15) is 4.39 Å². The Hall–Kier alpha value is -1.27. The molecular formula is C16H20BrClFNO3. The molecule has 0 spiro atoms. The molecule has 0 aliphatic rings. The Labute approximate surface area is 149 Å². The number of rotatable bonds is 9. The smallest absolute Gasteiger partial charge is 0.165 e. The van der Waals surface area contributed by atoms with E-state index in [1.807, 2.05) is 20.8 Å². The zero-order chi connectivity index (χ0) is 17.2. The van der Waals surface area contributed by atoms with Crippen molar-refractivity contribution in [3.8, 4) is 11.5 Å². The number of hydrogen-bond donors (Lipinski definition) is 0. The van der Waals surface area contributed by atoms with Gasteiger partial charge in [0.05, 0.1) is 17.3 Å². The highest BCUT2D eigenvalue weighted by Gasteiger charge is 2.09. The molecule has 0 bridgehead atoms. The van der Waals surface area contributed by atoms with Crippen LogP contribution in [0.3, 0.4) is 0 Å². The number of nitrogens with zero attached hydrogens (tertiary/aromatic N) is 1. The molecule has 0 aliphatic carbocycles. The van der Waals surface area contributed by atoms with Crippen LogP contribution >= 0.6 is 27.5 Å². The second kappa shape index (κ2) is 10.5. The van der Waals surface area contributed by atoms with Crippen molar-refractivity contribution >= 4 is 33.2 Å². The number of benzene rings is 1. The van der Waals surface area contributed by atoms with Gasteiger partial charge in [-0.15, -0.1) is 0 Å². The highest BCUT2D eigenvalue weighted by atomic mass is 79.9. The van der Waals surface area contributed by atoms with Gasteiger partial charge in [-0.1, -0.05) is 16.8 Å². The SMILES string of the molecule is CC(C)=NOCCCOc1c(C)cc(OC/C=C(\F)Br)cc1Cl. The third kappa shape index (κ3) is 8.23. The Morgan fingerprint density at radius 3 is 2.65 bits per heavy atom. The predicted molar refractivity (Wildman–Crippen MR) is 94.6 cm³/mol. The first-order valence-corrected chi connectivity index (χ1v) is 8.27. The van der Waals surface area contributed by atoms with Gasteiger partial charge in [-0.3, -0.25) is 0 Å². The van der Waals surface area contributed by atoms with Crippen molar-refractivity contribution in [1.82, 2.24) is 0 Å². The molecule has 0 heterocycles. The molecule has 0 aromatic heterocycles. The van der Waals surface area contributed by atoms with Crippen LogP contribution in [-0.4, -0.2) is 25.5 Å². The average molecular weight is 409 g/mol. The summed E-state index contributed by atoms with van der Waals surface area (Å²) in [6, 6.07) is 3.44. The van der Waals surface area contributed by atoms with Crippen LogP contribution in [-0.2, 0) is 4.84 Å². The molecule has 1 aromatic rings. The van der Waals surface area contributed by atoms with Gasteiger partial charge in [0.2, 0.25) is 0 Å². The van der Waals surface area contributed by atoms with Gasteiger partial charge in [0, 0.05) is 12.5 Å². The fraction of sp³-hybridized carbons (Fsp3) is 0.438. The summed E-state index contributed by atoms with van der Waals surface area (Å²) in [6.45, 7) is 6.67. The lowest BCUT2D eigenvalue weighted by Gasteiger charge is -2.13. The van der Waals surface area contributed by atoms with Gasteiger partial charge in [-0.25, -0.2) is 0 Å². The molecule has 1 aromatic carbocycles. The number of oxime groups is 1. The van der Waals surface area contributed by atoms with Crippen molar-refractivity contribution in [3.63, 3.8) is 0 Å². The van der Waals surface area contributed by atoms with E-state index < -0.39 is 4.74 Å². The Kier molecular flexibility index (Phi) is 9.02. The monoisotopic (exact) mass is 407 g/mol. The second-order valence-corrected chi connectivity index (χ2v) is 6.09. The summed E-state index contributed by atoms with van der Waals surface area (Å²) in [5.74, 6) is 1.16. The summed E-state index contributed by atoms with van der Waals surface area (Å²) >= 11 is 8.89. The normalized spacial score (nSPS) is 11.1. The lowest BCUT2D eigenvalue weighted by molar-refractivity contribution is 0.127. The first-order valence-electron chi connectivity index (χ1n) is 7.10.